The second-order valence-corrected chi connectivity index (χ2v) is 5.06. The normalized spacial score (nSPS) is 10.3. The van der Waals surface area contributed by atoms with Crippen LogP contribution in [0.5, 0.6) is 0 Å². The lowest BCUT2D eigenvalue weighted by atomic mass is 10.2. The first-order valence-electron chi connectivity index (χ1n) is 6.01. The molecule has 0 fully saturated rings. The van der Waals surface area contributed by atoms with Gasteiger partial charge in [-0.05, 0) is 12.1 Å². The van der Waals surface area contributed by atoms with Crippen LogP contribution < -0.4 is 5.32 Å². The number of likely N-dealkylation sites (N-methyl/N-ethyl adjacent to an activating group) is 1. The molecule has 21 heavy (non-hydrogen) atoms. The van der Waals surface area contributed by atoms with Crippen LogP contribution in [0.3, 0.4) is 0 Å². The number of carbonyl (C=O) groups is 2. The Morgan fingerprint density at radius 3 is 2.90 bits per heavy atom. The Kier molecular flexibility index (Phi) is 4.45. The summed E-state index contributed by atoms with van der Waals surface area (Å²) in [5, 5.41) is 20.8. The number of nitrogens with zero attached hydrogens (tertiary/aromatic N) is 3. The van der Waals surface area contributed by atoms with E-state index in [0.717, 1.165) is 11.8 Å². The number of carboxylic acid groups (broad SMARTS) is 1. The van der Waals surface area contributed by atoms with Crippen LogP contribution in [0.15, 0.2) is 23.4 Å². The van der Waals surface area contributed by atoms with Crippen LogP contribution in [0.2, 0.25) is 0 Å². The van der Waals surface area contributed by atoms with Crippen LogP contribution in [0.4, 0.5) is 0 Å². The van der Waals surface area contributed by atoms with E-state index in [-0.39, 0.29) is 18.2 Å². The summed E-state index contributed by atoms with van der Waals surface area (Å²) in [5.74, 6) is -1.37. The van der Waals surface area contributed by atoms with Gasteiger partial charge in [-0.3, -0.25) is 9.59 Å². The zero-order valence-electron chi connectivity index (χ0n) is 11.2. The van der Waals surface area contributed by atoms with Crippen LogP contribution in [0.1, 0.15) is 5.56 Å². The lowest BCUT2D eigenvalue weighted by Gasteiger charge is -2.07. The lowest BCUT2D eigenvalue weighted by molar-refractivity contribution is -0.133. The molecule has 2 aromatic rings. The van der Waals surface area contributed by atoms with Gasteiger partial charge in [-0.2, -0.15) is 5.26 Å². The molecule has 0 atom stereocenters. The van der Waals surface area contributed by atoms with Gasteiger partial charge < -0.3 is 15.0 Å². The molecule has 1 amide bonds. The minimum atomic E-state index is -0.973. The van der Waals surface area contributed by atoms with E-state index < -0.39 is 5.97 Å². The van der Waals surface area contributed by atoms with E-state index in [1.165, 1.54) is 7.05 Å². The third-order valence-corrected chi connectivity index (χ3v) is 3.73. The first-order chi connectivity index (χ1) is 10.1. The maximum Gasteiger partial charge on any atom is 0.313 e. The number of aliphatic carboxylic acids is 1. The quantitative estimate of drug-likeness (QED) is 0.792. The fraction of sp³-hybridized carbons (Fsp3) is 0.231. The van der Waals surface area contributed by atoms with Crippen molar-refractivity contribution in [1.29, 1.82) is 5.26 Å². The van der Waals surface area contributed by atoms with Crippen molar-refractivity contribution in [3.05, 3.63) is 23.8 Å². The molecule has 0 spiro atoms. The van der Waals surface area contributed by atoms with E-state index in [2.05, 4.69) is 10.3 Å². The van der Waals surface area contributed by atoms with Crippen LogP contribution in [-0.4, -0.2) is 39.3 Å². The molecular formula is C13H12N4O3S. The Labute approximate surface area is 124 Å². The predicted octanol–water partition coefficient (Wildman–Crippen LogP) is 0.831. The van der Waals surface area contributed by atoms with Crippen LogP contribution in [0.25, 0.3) is 11.0 Å². The molecule has 108 valence electrons. The number of hydrogen-bond donors (Lipinski definition) is 2. The molecule has 2 N–H and O–H groups in total. The van der Waals surface area contributed by atoms with Gasteiger partial charge in [0.2, 0.25) is 5.91 Å². The van der Waals surface area contributed by atoms with Crippen LogP contribution in [0, 0.1) is 11.3 Å². The number of nitrogens with one attached hydrogen (secondary N) is 1. The van der Waals surface area contributed by atoms with Gasteiger partial charge in [0.15, 0.2) is 5.16 Å². The predicted molar refractivity (Wildman–Crippen MR) is 76.9 cm³/mol. The molecule has 0 aliphatic carbocycles. The second kappa shape index (κ2) is 6.28. The van der Waals surface area contributed by atoms with Gasteiger partial charge in [0.1, 0.15) is 18.1 Å². The zero-order valence-corrected chi connectivity index (χ0v) is 12.0. The third-order valence-electron chi connectivity index (χ3n) is 2.77. The number of amides is 1. The summed E-state index contributed by atoms with van der Waals surface area (Å²) in [6.45, 7) is 0.0177. The Hall–Kier alpha value is -2.53. The van der Waals surface area contributed by atoms with E-state index >= 15 is 0 Å². The van der Waals surface area contributed by atoms with Crippen molar-refractivity contribution in [2.45, 2.75) is 11.7 Å². The summed E-state index contributed by atoms with van der Waals surface area (Å²) in [7, 11) is 1.52. The molecule has 0 unspecified atom stereocenters. The van der Waals surface area contributed by atoms with Crippen molar-refractivity contribution in [2.75, 3.05) is 12.8 Å². The summed E-state index contributed by atoms with van der Waals surface area (Å²) in [6.07, 6.45) is 0. The van der Waals surface area contributed by atoms with Gasteiger partial charge in [0, 0.05) is 7.05 Å². The first-order valence-corrected chi connectivity index (χ1v) is 7.00. The second-order valence-electron chi connectivity index (χ2n) is 4.12. The highest BCUT2D eigenvalue weighted by Crippen LogP contribution is 2.26. The van der Waals surface area contributed by atoms with Gasteiger partial charge in [-0.1, -0.05) is 17.8 Å². The number of carboxylic acids is 1. The van der Waals surface area contributed by atoms with Crippen LogP contribution in [-0.2, 0) is 16.1 Å². The van der Waals surface area contributed by atoms with Gasteiger partial charge in [-0.25, -0.2) is 4.98 Å². The number of hydrogen-bond acceptors (Lipinski definition) is 5. The molecular weight excluding hydrogens is 292 g/mol. The molecule has 1 aromatic carbocycles. The highest BCUT2D eigenvalue weighted by Gasteiger charge is 2.16. The molecule has 0 saturated carbocycles. The number of para-hydroxylation sites is 1. The number of aromatic nitrogens is 2. The highest BCUT2D eigenvalue weighted by molar-refractivity contribution is 7.99. The monoisotopic (exact) mass is 304 g/mol. The molecule has 7 nitrogen and oxygen atoms in total. The number of thioether (sulfide) groups is 1. The number of rotatable bonds is 5. The zero-order chi connectivity index (χ0) is 15.4. The van der Waals surface area contributed by atoms with Crippen LogP contribution >= 0.6 is 11.8 Å². The molecule has 0 aliphatic heterocycles. The number of carbonyl (C=O) groups excluding carboxylic acids is 1. The van der Waals surface area contributed by atoms with E-state index in [1.54, 1.807) is 22.8 Å². The number of imidazole rings is 1. The molecule has 0 saturated heterocycles. The Morgan fingerprint density at radius 1 is 1.52 bits per heavy atom. The topological polar surface area (TPSA) is 108 Å². The van der Waals surface area contributed by atoms with Crippen molar-refractivity contribution in [2.24, 2.45) is 0 Å². The number of nitriles is 1. The highest BCUT2D eigenvalue weighted by atomic mass is 32.2. The maximum atomic E-state index is 11.6. The molecule has 2 rings (SSSR count). The Bertz CT molecular complexity index is 748. The Balaban J connectivity index is 2.53. The summed E-state index contributed by atoms with van der Waals surface area (Å²) >= 11 is 1.02. The minimum Gasteiger partial charge on any atom is -0.481 e. The molecule has 1 aromatic heterocycles. The van der Waals surface area contributed by atoms with E-state index in [0.29, 0.717) is 21.8 Å². The minimum absolute atomic E-state index is 0.0177. The largest absolute Gasteiger partial charge is 0.481 e. The van der Waals surface area contributed by atoms with Gasteiger partial charge in [0.25, 0.3) is 0 Å². The summed E-state index contributed by atoms with van der Waals surface area (Å²) < 4.78 is 1.61. The average molecular weight is 304 g/mol. The molecule has 0 bridgehead atoms. The molecule has 1 heterocycles. The average Bonchev–Trinajstić information content (AvgIpc) is 2.82. The summed E-state index contributed by atoms with van der Waals surface area (Å²) in [5.41, 5.74) is 1.49. The van der Waals surface area contributed by atoms with E-state index in [4.69, 9.17) is 10.4 Å². The van der Waals surface area contributed by atoms with Gasteiger partial charge >= 0.3 is 5.97 Å². The fourth-order valence-electron chi connectivity index (χ4n) is 1.83. The summed E-state index contributed by atoms with van der Waals surface area (Å²) in [6, 6.07) is 7.12. The SMILES string of the molecule is CNC(=O)Cn1c(SCC(=O)O)nc2c(C#N)cccc21. The van der Waals surface area contributed by atoms with Crippen molar-refractivity contribution < 1.29 is 14.7 Å². The summed E-state index contributed by atoms with van der Waals surface area (Å²) in [4.78, 5) is 26.6. The number of fused-ring (bicyclic) bond motifs is 1. The lowest BCUT2D eigenvalue weighted by Crippen LogP contribution is -2.23. The number of benzene rings is 1. The first kappa shape index (κ1) is 14.9. The van der Waals surface area contributed by atoms with Crippen molar-refractivity contribution >= 4 is 34.7 Å². The van der Waals surface area contributed by atoms with Gasteiger partial charge in [-0.15, -0.1) is 0 Å². The molecule has 0 aliphatic rings. The van der Waals surface area contributed by atoms with E-state index in [9.17, 15) is 9.59 Å². The fourth-order valence-corrected chi connectivity index (χ4v) is 2.55. The Morgan fingerprint density at radius 2 is 2.29 bits per heavy atom. The van der Waals surface area contributed by atoms with E-state index in [1.807, 2.05) is 6.07 Å². The van der Waals surface area contributed by atoms with Crippen molar-refractivity contribution in [3.63, 3.8) is 0 Å². The molecule has 0 radical (unpaired) electrons. The third kappa shape index (κ3) is 3.14. The van der Waals surface area contributed by atoms with Crippen molar-refractivity contribution in [1.82, 2.24) is 14.9 Å². The smallest absolute Gasteiger partial charge is 0.313 e. The molecule has 8 heteroatoms. The van der Waals surface area contributed by atoms with Gasteiger partial charge in [0.05, 0.1) is 16.8 Å². The van der Waals surface area contributed by atoms with Crippen molar-refractivity contribution in [3.8, 4) is 6.07 Å². The standard InChI is InChI=1S/C13H12N4O3S/c1-15-10(18)6-17-9-4-2-3-8(5-14)12(9)16-13(17)21-7-11(19)20/h2-4H,6-7H2,1H3,(H,15,18)(H,19,20). The maximum absolute atomic E-state index is 11.6.